The monoisotopic (exact) mass is 210 g/mol. The first-order chi connectivity index (χ1) is 6.92. The molecular formula is C13H22O2. The van der Waals surface area contributed by atoms with E-state index in [1.54, 1.807) is 0 Å². The highest BCUT2D eigenvalue weighted by molar-refractivity contribution is 5.09. The largest absolute Gasteiger partial charge is 0.390 e. The van der Waals surface area contributed by atoms with Crippen LogP contribution in [0.3, 0.4) is 0 Å². The van der Waals surface area contributed by atoms with E-state index < -0.39 is 11.2 Å². The predicted molar refractivity (Wildman–Crippen MR) is 58.3 cm³/mol. The molecule has 86 valence electrons. The fourth-order valence-corrected chi connectivity index (χ4v) is 4.54. The molecule has 15 heavy (non-hydrogen) atoms. The summed E-state index contributed by atoms with van der Waals surface area (Å²) in [5.74, 6) is 1.74. The number of fused-ring (bicyclic) bond motifs is 1. The number of hydrogen-bond acceptors (Lipinski definition) is 2. The van der Waals surface area contributed by atoms with Gasteiger partial charge in [0.15, 0.2) is 0 Å². The van der Waals surface area contributed by atoms with Gasteiger partial charge in [-0.1, -0.05) is 0 Å². The van der Waals surface area contributed by atoms with Gasteiger partial charge in [0.05, 0.1) is 11.2 Å². The van der Waals surface area contributed by atoms with Crippen molar-refractivity contribution >= 4 is 0 Å². The van der Waals surface area contributed by atoms with Gasteiger partial charge in [-0.25, -0.2) is 0 Å². The van der Waals surface area contributed by atoms with Crippen molar-refractivity contribution in [3.63, 3.8) is 0 Å². The van der Waals surface area contributed by atoms with Crippen molar-refractivity contribution in [1.29, 1.82) is 0 Å². The van der Waals surface area contributed by atoms with E-state index in [-0.39, 0.29) is 0 Å². The molecule has 2 nitrogen and oxygen atoms in total. The number of aliphatic hydroxyl groups is 2. The van der Waals surface area contributed by atoms with Crippen molar-refractivity contribution in [2.24, 2.45) is 23.7 Å². The Balaban J connectivity index is 2.01. The van der Waals surface area contributed by atoms with Crippen LogP contribution >= 0.6 is 0 Å². The smallest absolute Gasteiger partial charge is 0.0676 e. The van der Waals surface area contributed by atoms with Crippen molar-refractivity contribution in [3.05, 3.63) is 0 Å². The van der Waals surface area contributed by atoms with Crippen LogP contribution in [0.2, 0.25) is 0 Å². The Bertz CT molecular complexity index is 242. The Labute approximate surface area is 91.7 Å². The second-order valence-corrected chi connectivity index (χ2v) is 6.52. The van der Waals surface area contributed by atoms with E-state index in [0.717, 1.165) is 32.1 Å². The molecule has 4 aliphatic carbocycles. The topological polar surface area (TPSA) is 40.5 Å². The zero-order valence-corrected chi connectivity index (χ0v) is 9.74. The first kappa shape index (κ1) is 10.1. The average molecular weight is 210 g/mol. The third kappa shape index (κ3) is 1.18. The van der Waals surface area contributed by atoms with E-state index in [1.165, 1.54) is 0 Å². The van der Waals surface area contributed by atoms with Crippen molar-refractivity contribution in [2.75, 3.05) is 0 Å². The fourth-order valence-electron chi connectivity index (χ4n) is 4.54. The second kappa shape index (κ2) is 2.78. The molecule has 0 aromatic rings. The van der Waals surface area contributed by atoms with E-state index in [4.69, 9.17) is 0 Å². The Morgan fingerprint density at radius 2 is 1.07 bits per heavy atom. The molecule has 4 saturated carbocycles. The van der Waals surface area contributed by atoms with E-state index in [2.05, 4.69) is 0 Å². The Kier molecular flexibility index (Phi) is 1.87. The van der Waals surface area contributed by atoms with Gasteiger partial charge in [0.25, 0.3) is 0 Å². The summed E-state index contributed by atoms with van der Waals surface area (Å²) in [4.78, 5) is 0. The zero-order valence-electron chi connectivity index (χ0n) is 9.74. The van der Waals surface area contributed by atoms with Crippen molar-refractivity contribution in [2.45, 2.75) is 57.2 Å². The van der Waals surface area contributed by atoms with E-state index in [9.17, 15) is 10.2 Å². The summed E-state index contributed by atoms with van der Waals surface area (Å²) >= 11 is 0. The minimum atomic E-state index is -0.457. The maximum atomic E-state index is 10.6. The summed E-state index contributed by atoms with van der Waals surface area (Å²) in [6.07, 6.45) is 5.33. The molecule has 6 atom stereocenters. The van der Waals surface area contributed by atoms with Gasteiger partial charge in [0, 0.05) is 0 Å². The first-order valence-corrected chi connectivity index (χ1v) is 6.37. The average Bonchev–Trinajstić information content (AvgIpc) is 2.30. The molecule has 0 amide bonds. The highest BCUT2D eigenvalue weighted by atomic mass is 16.3. The van der Waals surface area contributed by atoms with Crippen LogP contribution in [0.25, 0.3) is 0 Å². The quantitative estimate of drug-likeness (QED) is 0.641. The molecule has 4 rings (SSSR count). The maximum absolute atomic E-state index is 10.6. The molecule has 0 heterocycles. The molecule has 2 N–H and O–H groups in total. The maximum Gasteiger partial charge on any atom is 0.0676 e. The molecule has 0 aromatic carbocycles. The molecule has 4 aliphatic rings. The predicted octanol–water partition coefficient (Wildman–Crippen LogP) is 1.94. The molecular weight excluding hydrogens is 188 g/mol. The lowest BCUT2D eigenvalue weighted by Crippen LogP contribution is -2.56. The SMILES string of the molecule is CC1(O)C2CCC3CC1CC(C2)C3(C)O. The Hall–Kier alpha value is -0.0800. The van der Waals surface area contributed by atoms with Gasteiger partial charge in [0.1, 0.15) is 0 Å². The van der Waals surface area contributed by atoms with Gasteiger partial charge in [-0.15, -0.1) is 0 Å². The van der Waals surface area contributed by atoms with Gasteiger partial charge in [-0.2, -0.15) is 0 Å². The standard InChI is InChI=1S/C13H22O2/c1-12(14)8-3-4-9-6-10(12)7-11(5-8)13(9,2)15/h8-11,14-15H,3-7H2,1-2H3. The van der Waals surface area contributed by atoms with Gasteiger partial charge >= 0.3 is 0 Å². The molecule has 0 spiro atoms. The van der Waals surface area contributed by atoms with Crippen LogP contribution < -0.4 is 0 Å². The van der Waals surface area contributed by atoms with Crippen molar-refractivity contribution in [3.8, 4) is 0 Å². The lowest BCUT2D eigenvalue weighted by molar-refractivity contribution is -0.168. The molecule has 4 bridgehead atoms. The van der Waals surface area contributed by atoms with Gasteiger partial charge in [-0.05, 0) is 69.6 Å². The molecule has 0 aliphatic heterocycles. The number of hydrogen-bond donors (Lipinski definition) is 2. The number of rotatable bonds is 0. The van der Waals surface area contributed by atoms with Crippen LogP contribution in [0.4, 0.5) is 0 Å². The van der Waals surface area contributed by atoms with Crippen LogP contribution in [0.5, 0.6) is 0 Å². The lowest BCUT2D eigenvalue weighted by atomic mass is 9.56. The van der Waals surface area contributed by atoms with Crippen LogP contribution in [0.15, 0.2) is 0 Å². The Morgan fingerprint density at radius 1 is 0.733 bits per heavy atom. The summed E-state index contributed by atoms with van der Waals surface area (Å²) in [6.45, 7) is 4.06. The Morgan fingerprint density at radius 3 is 1.47 bits per heavy atom. The van der Waals surface area contributed by atoms with Gasteiger partial charge in [0.2, 0.25) is 0 Å². The fraction of sp³-hybridized carbons (Fsp3) is 1.00. The molecule has 0 aromatic heterocycles. The minimum Gasteiger partial charge on any atom is -0.390 e. The second-order valence-electron chi connectivity index (χ2n) is 6.52. The molecule has 4 fully saturated rings. The summed E-state index contributed by atoms with van der Waals surface area (Å²) in [5.41, 5.74) is -0.913. The third-order valence-electron chi connectivity index (χ3n) is 5.88. The van der Waals surface area contributed by atoms with Crippen LogP contribution in [-0.2, 0) is 0 Å². The highest BCUT2D eigenvalue weighted by Crippen LogP contribution is 2.59. The van der Waals surface area contributed by atoms with Crippen molar-refractivity contribution < 1.29 is 10.2 Å². The minimum absolute atomic E-state index is 0.431. The van der Waals surface area contributed by atoms with E-state index in [1.807, 2.05) is 13.8 Å². The normalized spacial score (nSPS) is 63.2. The van der Waals surface area contributed by atoms with E-state index >= 15 is 0 Å². The van der Waals surface area contributed by atoms with Gasteiger partial charge < -0.3 is 10.2 Å². The lowest BCUT2D eigenvalue weighted by Gasteiger charge is -2.54. The highest BCUT2D eigenvalue weighted by Gasteiger charge is 2.58. The zero-order chi connectivity index (χ0) is 10.8. The van der Waals surface area contributed by atoms with Crippen molar-refractivity contribution in [1.82, 2.24) is 0 Å². The summed E-state index contributed by atoms with van der Waals surface area (Å²) in [5, 5.41) is 21.1. The summed E-state index contributed by atoms with van der Waals surface area (Å²) < 4.78 is 0. The molecule has 0 radical (unpaired) electrons. The molecule has 0 saturated heterocycles. The molecule has 2 heteroatoms. The summed E-state index contributed by atoms with van der Waals surface area (Å²) in [7, 11) is 0. The van der Waals surface area contributed by atoms with Crippen LogP contribution in [0.1, 0.15) is 46.0 Å². The van der Waals surface area contributed by atoms with Crippen LogP contribution in [0, 0.1) is 23.7 Å². The molecule has 6 unspecified atom stereocenters. The van der Waals surface area contributed by atoms with Gasteiger partial charge in [-0.3, -0.25) is 0 Å². The third-order valence-corrected chi connectivity index (χ3v) is 5.88. The first-order valence-electron chi connectivity index (χ1n) is 6.37. The van der Waals surface area contributed by atoms with Crippen LogP contribution in [-0.4, -0.2) is 21.4 Å². The van der Waals surface area contributed by atoms with E-state index in [0.29, 0.717) is 23.7 Å². The summed E-state index contributed by atoms with van der Waals surface area (Å²) in [6, 6.07) is 0.